The van der Waals surface area contributed by atoms with E-state index in [2.05, 4.69) is 6.58 Å². The molecule has 0 unspecified atom stereocenters. The Hall–Kier alpha value is -1.31. The molecule has 2 heteroatoms. The summed E-state index contributed by atoms with van der Waals surface area (Å²) in [7, 11) is 0. The zero-order chi connectivity index (χ0) is 10.1. The van der Waals surface area contributed by atoms with E-state index in [-0.39, 0.29) is 6.42 Å². The van der Waals surface area contributed by atoms with Gasteiger partial charge in [-0.05, 0) is 25.3 Å². The lowest BCUT2D eigenvalue weighted by molar-refractivity contribution is -0.137. The van der Waals surface area contributed by atoms with Crippen molar-refractivity contribution < 1.29 is 9.90 Å². The maximum Gasteiger partial charge on any atom is 0.303 e. The fraction of sp³-hybridized carbons (Fsp3) is 0.364. The van der Waals surface area contributed by atoms with Crippen molar-refractivity contribution in [1.82, 2.24) is 0 Å². The van der Waals surface area contributed by atoms with Crippen molar-refractivity contribution in [3.05, 3.63) is 36.5 Å². The Morgan fingerprint density at radius 1 is 1.46 bits per heavy atom. The first kappa shape index (κ1) is 11.7. The largest absolute Gasteiger partial charge is 0.481 e. The minimum absolute atomic E-state index is 0.228. The van der Waals surface area contributed by atoms with Crippen LogP contribution in [0.25, 0.3) is 0 Å². The topological polar surface area (TPSA) is 37.3 Å². The molecule has 0 aromatic carbocycles. The number of hydrogen-bond donors (Lipinski definition) is 1. The summed E-state index contributed by atoms with van der Waals surface area (Å²) in [6.45, 7) is 5.54. The molecule has 72 valence electrons. The standard InChI is InChI=1S/C11H16O2/c1-3-6-10(7-4-2)8-5-9-11(12)13/h3-4,6-7H,1,5,8-9H2,2H3,(H,12,13)/b7-4-,10-6+. The van der Waals surface area contributed by atoms with Crippen molar-refractivity contribution in [2.75, 3.05) is 0 Å². The van der Waals surface area contributed by atoms with Gasteiger partial charge in [-0.1, -0.05) is 30.9 Å². The summed E-state index contributed by atoms with van der Waals surface area (Å²) in [5, 5.41) is 8.43. The number of allylic oxidation sites excluding steroid dienone is 5. The molecule has 0 fully saturated rings. The maximum absolute atomic E-state index is 10.2. The van der Waals surface area contributed by atoms with E-state index in [4.69, 9.17) is 5.11 Å². The molecule has 0 aliphatic heterocycles. The number of hydrogen-bond acceptors (Lipinski definition) is 1. The van der Waals surface area contributed by atoms with Crippen LogP contribution < -0.4 is 0 Å². The van der Waals surface area contributed by atoms with Crippen molar-refractivity contribution in [3.63, 3.8) is 0 Å². The van der Waals surface area contributed by atoms with Crippen molar-refractivity contribution in [2.45, 2.75) is 26.2 Å². The second-order valence-corrected chi connectivity index (χ2v) is 2.72. The zero-order valence-corrected chi connectivity index (χ0v) is 7.99. The van der Waals surface area contributed by atoms with Crippen LogP contribution >= 0.6 is 0 Å². The molecule has 0 atom stereocenters. The molecule has 0 spiro atoms. The van der Waals surface area contributed by atoms with E-state index in [1.54, 1.807) is 6.08 Å². The molecule has 0 amide bonds. The van der Waals surface area contributed by atoms with E-state index in [1.807, 2.05) is 25.2 Å². The minimum Gasteiger partial charge on any atom is -0.481 e. The smallest absolute Gasteiger partial charge is 0.303 e. The Morgan fingerprint density at radius 2 is 2.15 bits per heavy atom. The quantitative estimate of drug-likeness (QED) is 0.638. The summed E-state index contributed by atoms with van der Waals surface area (Å²) >= 11 is 0. The highest BCUT2D eigenvalue weighted by atomic mass is 16.4. The zero-order valence-electron chi connectivity index (χ0n) is 7.99. The van der Waals surface area contributed by atoms with Crippen LogP contribution in [-0.2, 0) is 4.79 Å². The molecule has 2 nitrogen and oxygen atoms in total. The second-order valence-electron chi connectivity index (χ2n) is 2.72. The van der Waals surface area contributed by atoms with E-state index in [0.717, 1.165) is 12.0 Å². The van der Waals surface area contributed by atoms with Crippen LogP contribution in [0.2, 0.25) is 0 Å². The number of carboxylic acids is 1. The molecule has 0 aliphatic rings. The van der Waals surface area contributed by atoms with Gasteiger partial charge in [0.2, 0.25) is 0 Å². The van der Waals surface area contributed by atoms with Gasteiger partial charge in [-0.2, -0.15) is 0 Å². The summed E-state index contributed by atoms with van der Waals surface area (Å²) < 4.78 is 0. The van der Waals surface area contributed by atoms with Crippen molar-refractivity contribution in [2.24, 2.45) is 0 Å². The monoisotopic (exact) mass is 180 g/mol. The fourth-order valence-electron chi connectivity index (χ4n) is 1.03. The van der Waals surface area contributed by atoms with Crippen molar-refractivity contribution >= 4 is 5.97 Å². The normalized spacial score (nSPS) is 11.9. The second kappa shape index (κ2) is 7.35. The summed E-state index contributed by atoms with van der Waals surface area (Å²) in [6.07, 6.45) is 9.24. The SMILES string of the molecule is C=C/C=C(\C=C/C)CCCC(=O)O. The molecule has 0 saturated carbocycles. The number of aliphatic carboxylic acids is 1. The van der Waals surface area contributed by atoms with E-state index in [0.29, 0.717) is 6.42 Å². The lowest BCUT2D eigenvalue weighted by Gasteiger charge is -1.98. The fourth-order valence-corrected chi connectivity index (χ4v) is 1.03. The molecule has 0 aromatic heterocycles. The van der Waals surface area contributed by atoms with Crippen LogP contribution in [0.4, 0.5) is 0 Å². The lowest BCUT2D eigenvalue weighted by Crippen LogP contribution is -1.93. The average molecular weight is 180 g/mol. The highest BCUT2D eigenvalue weighted by molar-refractivity contribution is 5.66. The Kier molecular flexibility index (Phi) is 6.60. The van der Waals surface area contributed by atoms with Crippen LogP contribution in [0, 0.1) is 0 Å². The van der Waals surface area contributed by atoms with Gasteiger partial charge in [-0.3, -0.25) is 4.79 Å². The third kappa shape index (κ3) is 7.06. The molecule has 1 N–H and O–H groups in total. The summed E-state index contributed by atoms with van der Waals surface area (Å²) in [4.78, 5) is 10.2. The van der Waals surface area contributed by atoms with Crippen LogP contribution in [0.3, 0.4) is 0 Å². The van der Waals surface area contributed by atoms with Crippen LogP contribution in [0.1, 0.15) is 26.2 Å². The first-order valence-electron chi connectivity index (χ1n) is 4.36. The number of carboxylic acid groups (broad SMARTS) is 1. The minimum atomic E-state index is -0.738. The predicted molar refractivity (Wildman–Crippen MR) is 54.6 cm³/mol. The van der Waals surface area contributed by atoms with Gasteiger partial charge in [0.1, 0.15) is 0 Å². The maximum atomic E-state index is 10.2. The predicted octanol–water partition coefficient (Wildman–Crippen LogP) is 2.93. The molecule has 0 radical (unpaired) electrons. The highest BCUT2D eigenvalue weighted by Crippen LogP contribution is 2.09. The van der Waals surface area contributed by atoms with Gasteiger partial charge in [0.25, 0.3) is 0 Å². The van der Waals surface area contributed by atoms with Gasteiger partial charge in [0.05, 0.1) is 0 Å². The van der Waals surface area contributed by atoms with Crippen molar-refractivity contribution in [1.29, 1.82) is 0 Å². The molecule has 0 aromatic rings. The Balaban J connectivity index is 3.90. The van der Waals surface area contributed by atoms with E-state index in [9.17, 15) is 4.79 Å². The third-order valence-electron chi connectivity index (χ3n) is 1.57. The molecule has 13 heavy (non-hydrogen) atoms. The summed E-state index contributed by atoms with van der Waals surface area (Å²) in [6, 6.07) is 0. The molecule has 0 saturated heterocycles. The lowest BCUT2D eigenvalue weighted by atomic mass is 10.1. The Labute approximate surface area is 79.3 Å². The van der Waals surface area contributed by atoms with Gasteiger partial charge in [-0.25, -0.2) is 0 Å². The van der Waals surface area contributed by atoms with Crippen LogP contribution in [-0.4, -0.2) is 11.1 Å². The van der Waals surface area contributed by atoms with Crippen molar-refractivity contribution in [3.8, 4) is 0 Å². The van der Waals surface area contributed by atoms with Gasteiger partial charge >= 0.3 is 5.97 Å². The molecule has 0 rings (SSSR count). The van der Waals surface area contributed by atoms with E-state index < -0.39 is 5.97 Å². The Bertz CT molecular complexity index is 224. The molecule has 0 bridgehead atoms. The van der Waals surface area contributed by atoms with Gasteiger partial charge in [0.15, 0.2) is 0 Å². The van der Waals surface area contributed by atoms with Crippen LogP contribution in [0.15, 0.2) is 36.5 Å². The first-order chi connectivity index (χ1) is 6.20. The van der Waals surface area contributed by atoms with Gasteiger partial charge in [-0.15, -0.1) is 0 Å². The van der Waals surface area contributed by atoms with Gasteiger partial charge in [0, 0.05) is 6.42 Å². The molecular formula is C11H16O2. The third-order valence-corrected chi connectivity index (χ3v) is 1.57. The summed E-state index contributed by atoms with van der Waals surface area (Å²) in [5.41, 5.74) is 1.12. The van der Waals surface area contributed by atoms with Gasteiger partial charge < -0.3 is 5.11 Å². The van der Waals surface area contributed by atoms with E-state index >= 15 is 0 Å². The summed E-state index contributed by atoms with van der Waals surface area (Å²) in [5.74, 6) is -0.738. The number of rotatable bonds is 6. The molecular weight excluding hydrogens is 164 g/mol. The highest BCUT2D eigenvalue weighted by Gasteiger charge is 1.97. The number of carbonyl (C=O) groups is 1. The molecule has 0 heterocycles. The molecule has 0 aliphatic carbocycles. The van der Waals surface area contributed by atoms with E-state index in [1.165, 1.54) is 0 Å². The average Bonchev–Trinajstić information content (AvgIpc) is 2.04. The van der Waals surface area contributed by atoms with Crippen LogP contribution in [0.5, 0.6) is 0 Å². The first-order valence-corrected chi connectivity index (χ1v) is 4.36. The Morgan fingerprint density at radius 3 is 2.62 bits per heavy atom.